The second-order valence-electron chi connectivity index (χ2n) is 5.13. The minimum atomic E-state index is 0.750. The molecule has 2 heterocycles. The molecule has 82 valence electrons. The number of aromatic nitrogens is 1. The van der Waals surface area contributed by atoms with Gasteiger partial charge in [0.25, 0.3) is 0 Å². The van der Waals surface area contributed by atoms with Gasteiger partial charge in [-0.3, -0.25) is 0 Å². The van der Waals surface area contributed by atoms with E-state index in [4.69, 9.17) is 0 Å². The molecule has 0 radical (unpaired) electrons. The zero-order valence-corrected chi connectivity index (χ0v) is 9.29. The molecule has 1 aliphatic carbocycles. The van der Waals surface area contributed by atoms with Crippen LogP contribution in [0, 0.1) is 5.92 Å². The Balaban J connectivity index is 1.99. The van der Waals surface area contributed by atoms with Crippen LogP contribution < -0.4 is 5.32 Å². The number of aryl methyl sites for hydroxylation is 1. The number of fused-ring (bicyclic) bond motifs is 5. The maximum atomic E-state index is 3.60. The molecule has 2 heteroatoms. The zero-order valence-electron chi connectivity index (χ0n) is 9.29. The second kappa shape index (κ2) is 3.11. The molecule has 4 rings (SSSR count). The standard InChI is InChI=1S/C14H16N2/c1-2-4-12-10(3-1)14-11-8-15-7-9(11)5-6-13(14)16-12/h1-4,9,11,15-16H,5-8H2/t9-,11-/m0/s1. The van der Waals surface area contributed by atoms with Crippen molar-refractivity contribution >= 4 is 10.9 Å². The first-order valence-electron chi connectivity index (χ1n) is 6.23. The summed E-state index contributed by atoms with van der Waals surface area (Å²) in [5.74, 6) is 1.62. The van der Waals surface area contributed by atoms with Crippen LogP contribution >= 0.6 is 0 Å². The lowest BCUT2D eigenvalue weighted by molar-refractivity contribution is 0.451. The molecule has 2 nitrogen and oxygen atoms in total. The lowest BCUT2D eigenvalue weighted by Crippen LogP contribution is -2.18. The van der Waals surface area contributed by atoms with Crippen molar-refractivity contribution in [1.82, 2.24) is 10.3 Å². The van der Waals surface area contributed by atoms with E-state index in [1.54, 1.807) is 5.56 Å². The van der Waals surface area contributed by atoms with Gasteiger partial charge >= 0.3 is 0 Å². The van der Waals surface area contributed by atoms with Crippen molar-refractivity contribution in [2.45, 2.75) is 18.8 Å². The van der Waals surface area contributed by atoms with Crippen molar-refractivity contribution in [3.63, 3.8) is 0 Å². The van der Waals surface area contributed by atoms with Crippen LogP contribution in [0.25, 0.3) is 10.9 Å². The van der Waals surface area contributed by atoms with Gasteiger partial charge in [-0.05, 0) is 36.9 Å². The highest BCUT2D eigenvalue weighted by atomic mass is 14.9. The summed E-state index contributed by atoms with van der Waals surface area (Å²) in [4.78, 5) is 3.60. The lowest BCUT2D eigenvalue weighted by Gasteiger charge is -2.24. The molecule has 16 heavy (non-hydrogen) atoms. The predicted molar refractivity (Wildman–Crippen MR) is 65.7 cm³/mol. The average molecular weight is 212 g/mol. The maximum Gasteiger partial charge on any atom is 0.0459 e. The second-order valence-corrected chi connectivity index (χ2v) is 5.13. The molecule has 1 aliphatic heterocycles. The van der Waals surface area contributed by atoms with Gasteiger partial charge in [-0.15, -0.1) is 0 Å². The van der Waals surface area contributed by atoms with Crippen molar-refractivity contribution in [3.05, 3.63) is 35.5 Å². The Morgan fingerprint density at radius 1 is 1.12 bits per heavy atom. The summed E-state index contributed by atoms with van der Waals surface area (Å²) in [6.07, 6.45) is 2.57. The van der Waals surface area contributed by atoms with E-state index in [0.717, 1.165) is 11.8 Å². The van der Waals surface area contributed by atoms with Gasteiger partial charge < -0.3 is 10.3 Å². The number of benzene rings is 1. The van der Waals surface area contributed by atoms with Gasteiger partial charge in [-0.1, -0.05) is 18.2 Å². The van der Waals surface area contributed by atoms with Crippen LogP contribution in [-0.2, 0) is 6.42 Å². The summed E-state index contributed by atoms with van der Waals surface area (Å²) < 4.78 is 0. The monoisotopic (exact) mass is 212 g/mol. The number of hydrogen-bond donors (Lipinski definition) is 2. The van der Waals surface area contributed by atoms with Gasteiger partial charge in [-0.2, -0.15) is 0 Å². The minimum Gasteiger partial charge on any atom is -0.358 e. The maximum absolute atomic E-state index is 3.60. The average Bonchev–Trinajstić information content (AvgIpc) is 2.91. The van der Waals surface area contributed by atoms with Crippen LogP contribution in [0.3, 0.4) is 0 Å². The van der Waals surface area contributed by atoms with E-state index in [9.17, 15) is 0 Å². The third-order valence-corrected chi connectivity index (χ3v) is 4.30. The quantitative estimate of drug-likeness (QED) is 0.689. The van der Waals surface area contributed by atoms with Crippen LogP contribution in [0.1, 0.15) is 23.6 Å². The molecule has 2 atom stereocenters. The highest BCUT2D eigenvalue weighted by Gasteiger charge is 2.35. The van der Waals surface area contributed by atoms with Crippen molar-refractivity contribution in [3.8, 4) is 0 Å². The lowest BCUT2D eigenvalue weighted by atomic mass is 9.79. The highest BCUT2D eigenvalue weighted by molar-refractivity contribution is 5.85. The molecule has 1 aromatic heterocycles. The number of aromatic amines is 1. The van der Waals surface area contributed by atoms with Gasteiger partial charge in [0, 0.05) is 29.1 Å². The van der Waals surface area contributed by atoms with E-state index in [0.29, 0.717) is 0 Å². The summed E-state index contributed by atoms with van der Waals surface area (Å²) in [7, 11) is 0. The summed E-state index contributed by atoms with van der Waals surface area (Å²) >= 11 is 0. The van der Waals surface area contributed by atoms with Crippen LogP contribution in [0.5, 0.6) is 0 Å². The molecule has 1 fully saturated rings. The van der Waals surface area contributed by atoms with E-state index < -0.39 is 0 Å². The number of H-pyrrole nitrogens is 1. The fraction of sp³-hybridized carbons (Fsp3) is 0.429. The van der Waals surface area contributed by atoms with Gasteiger partial charge in [0.15, 0.2) is 0 Å². The normalized spacial score (nSPS) is 28.0. The van der Waals surface area contributed by atoms with Crippen LogP contribution in [0.2, 0.25) is 0 Å². The third kappa shape index (κ3) is 1.05. The number of hydrogen-bond acceptors (Lipinski definition) is 1. The summed E-state index contributed by atoms with van der Waals surface area (Å²) in [5, 5.41) is 5.00. The van der Waals surface area contributed by atoms with Crippen molar-refractivity contribution in [1.29, 1.82) is 0 Å². The Hall–Kier alpha value is -1.28. The number of para-hydroxylation sites is 1. The van der Waals surface area contributed by atoms with Gasteiger partial charge in [0.2, 0.25) is 0 Å². The molecule has 0 amide bonds. The fourth-order valence-electron chi connectivity index (χ4n) is 3.54. The Morgan fingerprint density at radius 3 is 3.06 bits per heavy atom. The van der Waals surface area contributed by atoms with E-state index in [1.807, 2.05) is 0 Å². The summed E-state index contributed by atoms with van der Waals surface area (Å²) in [6.45, 7) is 2.38. The largest absolute Gasteiger partial charge is 0.358 e. The van der Waals surface area contributed by atoms with Crippen molar-refractivity contribution < 1.29 is 0 Å². The summed E-state index contributed by atoms with van der Waals surface area (Å²) in [6, 6.07) is 8.74. The molecule has 1 aromatic carbocycles. The topological polar surface area (TPSA) is 27.8 Å². The molecule has 2 aliphatic rings. The molecular formula is C14H16N2. The molecule has 1 saturated heterocycles. The number of nitrogens with one attached hydrogen (secondary N) is 2. The SMILES string of the molecule is c1ccc2c3c([nH]c2c1)CC[C@H]1CNC[C@H]31. The first-order valence-corrected chi connectivity index (χ1v) is 6.23. The predicted octanol–water partition coefficient (Wildman–Crippen LogP) is 2.42. The molecule has 2 N–H and O–H groups in total. The first kappa shape index (κ1) is 8.82. The smallest absolute Gasteiger partial charge is 0.0459 e. The van der Waals surface area contributed by atoms with E-state index in [1.165, 1.54) is 42.5 Å². The Kier molecular flexibility index (Phi) is 1.71. The third-order valence-electron chi connectivity index (χ3n) is 4.30. The van der Waals surface area contributed by atoms with Crippen LogP contribution in [0.15, 0.2) is 24.3 Å². The fourth-order valence-corrected chi connectivity index (χ4v) is 3.54. The van der Waals surface area contributed by atoms with E-state index >= 15 is 0 Å². The Morgan fingerprint density at radius 2 is 2.06 bits per heavy atom. The molecule has 0 spiro atoms. The van der Waals surface area contributed by atoms with Crippen molar-refractivity contribution in [2.24, 2.45) is 5.92 Å². The van der Waals surface area contributed by atoms with Gasteiger partial charge in [0.05, 0.1) is 0 Å². The Bertz CT molecular complexity index is 541. The molecule has 0 saturated carbocycles. The van der Waals surface area contributed by atoms with Crippen molar-refractivity contribution in [2.75, 3.05) is 13.1 Å². The first-order chi connectivity index (χ1) is 7.93. The molecular weight excluding hydrogens is 196 g/mol. The van der Waals surface area contributed by atoms with Gasteiger partial charge in [0.1, 0.15) is 0 Å². The Labute approximate surface area is 95.1 Å². The van der Waals surface area contributed by atoms with E-state index in [-0.39, 0.29) is 0 Å². The number of rotatable bonds is 0. The van der Waals surface area contributed by atoms with Crippen LogP contribution in [0.4, 0.5) is 0 Å². The zero-order chi connectivity index (χ0) is 10.5. The molecule has 0 unspecified atom stereocenters. The molecule has 0 bridgehead atoms. The highest BCUT2D eigenvalue weighted by Crippen LogP contribution is 2.41. The van der Waals surface area contributed by atoms with E-state index in [2.05, 4.69) is 34.6 Å². The minimum absolute atomic E-state index is 0.750. The summed E-state index contributed by atoms with van der Waals surface area (Å²) in [5.41, 5.74) is 4.42. The van der Waals surface area contributed by atoms with Crippen LogP contribution in [-0.4, -0.2) is 18.1 Å². The van der Waals surface area contributed by atoms with Gasteiger partial charge in [-0.25, -0.2) is 0 Å². The molecule has 2 aromatic rings.